The fraction of sp³-hybridized carbons (Fsp3) is 0.353. The highest BCUT2D eigenvalue weighted by Gasteiger charge is 2.45. The van der Waals surface area contributed by atoms with Crippen LogP contribution < -0.4 is 4.90 Å². The number of rotatable bonds is 1. The summed E-state index contributed by atoms with van der Waals surface area (Å²) in [6.45, 7) is 5.52. The molecule has 0 radical (unpaired) electrons. The molecule has 0 spiro atoms. The molecule has 1 aromatic carbocycles. The minimum Gasteiger partial charge on any atom is -0.305 e. The van der Waals surface area contributed by atoms with Crippen molar-refractivity contribution in [3.05, 3.63) is 53.1 Å². The Bertz CT molecular complexity index is 798. The number of hydrogen-bond donors (Lipinski definition) is 0. The summed E-state index contributed by atoms with van der Waals surface area (Å²) in [4.78, 5) is 21.9. The van der Waals surface area contributed by atoms with Crippen LogP contribution in [0.3, 0.4) is 0 Å². The minimum absolute atomic E-state index is 0.0289. The second-order valence-corrected chi connectivity index (χ2v) is 6.52. The summed E-state index contributed by atoms with van der Waals surface area (Å²) in [5.41, 5.74) is -0.303. The van der Waals surface area contributed by atoms with Gasteiger partial charge >= 0.3 is 6.18 Å². The van der Waals surface area contributed by atoms with Crippen molar-refractivity contribution in [2.45, 2.75) is 32.4 Å². The van der Waals surface area contributed by atoms with E-state index in [0.717, 1.165) is 11.0 Å². The average molecular weight is 335 g/mol. The van der Waals surface area contributed by atoms with Crippen molar-refractivity contribution in [1.29, 1.82) is 0 Å². The SMILES string of the molecule is Cc1cnc(C(=O)N2CC(C)(C)c3cccc(C(F)(F)F)c32)cn1. The molecule has 3 rings (SSSR count). The van der Waals surface area contributed by atoms with Crippen molar-refractivity contribution in [3.63, 3.8) is 0 Å². The van der Waals surface area contributed by atoms with Crippen LogP contribution in [0.1, 0.15) is 41.2 Å². The summed E-state index contributed by atoms with van der Waals surface area (Å²) in [6, 6.07) is 4.02. The van der Waals surface area contributed by atoms with Crippen LogP contribution in [0.4, 0.5) is 18.9 Å². The Hall–Kier alpha value is -2.44. The van der Waals surface area contributed by atoms with Gasteiger partial charge in [-0.05, 0) is 18.6 Å². The van der Waals surface area contributed by atoms with Crippen LogP contribution in [0, 0.1) is 6.92 Å². The van der Waals surface area contributed by atoms with Gasteiger partial charge in [0.1, 0.15) is 5.69 Å². The maximum absolute atomic E-state index is 13.4. The van der Waals surface area contributed by atoms with Gasteiger partial charge in [-0.1, -0.05) is 26.0 Å². The van der Waals surface area contributed by atoms with Gasteiger partial charge in [-0.3, -0.25) is 9.78 Å². The molecular weight excluding hydrogens is 319 g/mol. The first-order valence-electron chi connectivity index (χ1n) is 7.42. The van der Waals surface area contributed by atoms with E-state index in [9.17, 15) is 18.0 Å². The molecule has 0 saturated carbocycles. The second kappa shape index (κ2) is 5.29. The number of amides is 1. The zero-order valence-electron chi connectivity index (χ0n) is 13.5. The number of aryl methyl sites for hydroxylation is 1. The number of carbonyl (C=O) groups is 1. The molecule has 2 aromatic rings. The number of fused-ring (bicyclic) bond motifs is 1. The Balaban J connectivity index is 2.14. The summed E-state index contributed by atoms with van der Waals surface area (Å²) >= 11 is 0. The first kappa shape index (κ1) is 16.4. The summed E-state index contributed by atoms with van der Waals surface area (Å²) in [5.74, 6) is -0.578. The van der Waals surface area contributed by atoms with Crippen LogP contribution >= 0.6 is 0 Å². The molecule has 0 fully saturated rings. The molecule has 0 saturated heterocycles. The van der Waals surface area contributed by atoms with E-state index in [1.165, 1.54) is 18.5 Å². The number of benzene rings is 1. The van der Waals surface area contributed by atoms with E-state index < -0.39 is 23.1 Å². The number of aromatic nitrogens is 2. The lowest BCUT2D eigenvalue weighted by atomic mass is 9.86. The number of nitrogens with zero attached hydrogens (tertiary/aromatic N) is 3. The molecule has 4 nitrogen and oxygen atoms in total. The first-order valence-corrected chi connectivity index (χ1v) is 7.42. The highest BCUT2D eigenvalue weighted by molar-refractivity contribution is 6.07. The van der Waals surface area contributed by atoms with E-state index in [2.05, 4.69) is 9.97 Å². The lowest BCUT2D eigenvalue weighted by molar-refractivity contribution is -0.137. The van der Waals surface area contributed by atoms with Crippen LogP contribution in [-0.2, 0) is 11.6 Å². The van der Waals surface area contributed by atoms with Gasteiger partial charge in [0.15, 0.2) is 0 Å². The van der Waals surface area contributed by atoms with Gasteiger partial charge in [0, 0.05) is 18.2 Å². The summed E-state index contributed by atoms with van der Waals surface area (Å²) < 4.78 is 40.3. The monoisotopic (exact) mass is 335 g/mol. The zero-order chi connectivity index (χ0) is 17.7. The summed E-state index contributed by atoms with van der Waals surface area (Å²) in [5, 5.41) is 0. The van der Waals surface area contributed by atoms with Gasteiger partial charge in [-0.15, -0.1) is 0 Å². The first-order chi connectivity index (χ1) is 11.1. The van der Waals surface area contributed by atoms with E-state index >= 15 is 0 Å². The van der Waals surface area contributed by atoms with Crippen molar-refractivity contribution in [2.24, 2.45) is 0 Å². The maximum Gasteiger partial charge on any atom is 0.418 e. The highest BCUT2D eigenvalue weighted by atomic mass is 19.4. The number of para-hydroxylation sites is 1. The van der Waals surface area contributed by atoms with E-state index in [-0.39, 0.29) is 17.9 Å². The van der Waals surface area contributed by atoms with Crippen molar-refractivity contribution in [1.82, 2.24) is 9.97 Å². The Labute approximate surface area is 137 Å². The smallest absolute Gasteiger partial charge is 0.305 e. The number of hydrogen-bond acceptors (Lipinski definition) is 3. The van der Waals surface area contributed by atoms with Crippen molar-refractivity contribution < 1.29 is 18.0 Å². The van der Waals surface area contributed by atoms with Gasteiger partial charge < -0.3 is 4.90 Å². The molecule has 1 aliphatic heterocycles. The lowest BCUT2D eigenvalue weighted by Gasteiger charge is -2.21. The van der Waals surface area contributed by atoms with E-state index in [1.54, 1.807) is 13.0 Å². The number of carbonyl (C=O) groups excluding carboxylic acids is 1. The third-order valence-electron chi connectivity index (χ3n) is 4.14. The van der Waals surface area contributed by atoms with Crippen molar-refractivity contribution >= 4 is 11.6 Å². The quantitative estimate of drug-likeness (QED) is 0.797. The molecule has 1 aromatic heterocycles. The average Bonchev–Trinajstić information content (AvgIpc) is 2.78. The van der Waals surface area contributed by atoms with Crippen LogP contribution in [0.5, 0.6) is 0 Å². The zero-order valence-corrected chi connectivity index (χ0v) is 13.5. The minimum atomic E-state index is -4.54. The molecule has 24 heavy (non-hydrogen) atoms. The summed E-state index contributed by atoms with van der Waals surface area (Å²) in [7, 11) is 0. The Morgan fingerprint density at radius 3 is 2.50 bits per heavy atom. The fourth-order valence-electron chi connectivity index (χ4n) is 2.98. The van der Waals surface area contributed by atoms with E-state index in [4.69, 9.17) is 0 Å². The van der Waals surface area contributed by atoms with Gasteiger partial charge in [0.2, 0.25) is 0 Å². The largest absolute Gasteiger partial charge is 0.418 e. The topological polar surface area (TPSA) is 46.1 Å². The Kier molecular flexibility index (Phi) is 3.62. The van der Waals surface area contributed by atoms with Crippen LogP contribution in [0.25, 0.3) is 0 Å². The van der Waals surface area contributed by atoms with Gasteiger partial charge in [-0.2, -0.15) is 13.2 Å². The van der Waals surface area contributed by atoms with E-state index in [1.807, 2.05) is 13.8 Å². The number of halogens is 3. The van der Waals surface area contributed by atoms with Gasteiger partial charge in [0.05, 0.1) is 23.1 Å². The predicted octanol–water partition coefficient (Wildman–Crippen LogP) is 3.74. The molecule has 1 aliphatic rings. The van der Waals surface area contributed by atoms with Crippen LogP contribution in [0.2, 0.25) is 0 Å². The molecule has 2 heterocycles. The molecule has 1 amide bonds. The van der Waals surface area contributed by atoms with E-state index in [0.29, 0.717) is 11.3 Å². The molecular formula is C17H16F3N3O. The normalized spacial score (nSPS) is 16.2. The van der Waals surface area contributed by atoms with Gasteiger partial charge in [0.25, 0.3) is 5.91 Å². The molecule has 0 bridgehead atoms. The third kappa shape index (κ3) is 2.64. The lowest BCUT2D eigenvalue weighted by Crippen LogP contribution is -2.35. The Morgan fingerprint density at radius 2 is 1.92 bits per heavy atom. The van der Waals surface area contributed by atoms with Gasteiger partial charge in [-0.25, -0.2) is 4.98 Å². The standard InChI is InChI=1S/C17H16F3N3O/c1-10-7-22-13(8-21-10)15(24)23-9-16(2,3)11-5-4-6-12(14(11)23)17(18,19)20/h4-8H,9H2,1-3H3. The predicted molar refractivity (Wildman–Crippen MR) is 82.9 cm³/mol. The molecule has 126 valence electrons. The number of alkyl halides is 3. The molecule has 0 aliphatic carbocycles. The maximum atomic E-state index is 13.4. The molecule has 0 N–H and O–H groups in total. The second-order valence-electron chi connectivity index (χ2n) is 6.52. The van der Waals surface area contributed by atoms with Crippen LogP contribution in [-0.4, -0.2) is 22.4 Å². The number of anilines is 1. The molecule has 0 atom stereocenters. The van der Waals surface area contributed by atoms with Crippen LogP contribution in [0.15, 0.2) is 30.6 Å². The van der Waals surface area contributed by atoms with Crippen molar-refractivity contribution in [2.75, 3.05) is 11.4 Å². The fourth-order valence-corrected chi connectivity index (χ4v) is 2.98. The third-order valence-corrected chi connectivity index (χ3v) is 4.14. The Morgan fingerprint density at radius 1 is 1.21 bits per heavy atom. The molecule has 0 unspecified atom stereocenters. The van der Waals surface area contributed by atoms with Crippen molar-refractivity contribution in [3.8, 4) is 0 Å². The molecule has 7 heteroatoms. The highest BCUT2D eigenvalue weighted by Crippen LogP contribution is 2.47. The summed E-state index contributed by atoms with van der Waals surface area (Å²) in [6.07, 6.45) is -1.83.